The minimum atomic E-state index is 0.294. The fraction of sp³-hybridized carbons (Fsp3) is 0.100. The number of aromatic nitrogens is 1. The largest absolute Gasteiger partial charge is 0.497 e. The first-order chi connectivity index (χ1) is 12.2. The van der Waals surface area contributed by atoms with Crippen LogP contribution in [-0.4, -0.2) is 19.2 Å². The lowest BCUT2D eigenvalue weighted by molar-refractivity contribution is 0.397. The van der Waals surface area contributed by atoms with Gasteiger partial charge in [-0.1, -0.05) is 24.3 Å². The van der Waals surface area contributed by atoms with Crippen LogP contribution in [-0.2, 0) is 0 Å². The summed E-state index contributed by atoms with van der Waals surface area (Å²) in [4.78, 5) is 4.47. The zero-order chi connectivity index (χ0) is 17.8. The number of nitrogens with two attached hydrogens (primary N) is 1. The number of hydrogen-bond donors (Lipinski definition) is 1. The van der Waals surface area contributed by atoms with Crippen molar-refractivity contribution in [3.05, 3.63) is 60.2 Å². The number of anilines is 1. The van der Waals surface area contributed by atoms with Gasteiger partial charge in [-0.05, 0) is 35.9 Å². The van der Waals surface area contributed by atoms with Crippen molar-refractivity contribution in [3.63, 3.8) is 0 Å². The lowest BCUT2D eigenvalue weighted by atomic mass is 9.98. The number of ether oxygens (including phenoxy) is 2. The van der Waals surface area contributed by atoms with E-state index in [9.17, 15) is 5.26 Å². The standard InChI is InChI=1S/C20H17N3O2/c1-24-16-9-5-13(6-10-16)17-11-19(14-3-7-15(22)8-4-14)23-20(25-2)18(17)12-21/h3-11H,22H2,1-2H3. The zero-order valence-electron chi connectivity index (χ0n) is 14.0. The van der Waals surface area contributed by atoms with Crippen LogP contribution in [0.15, 0.2) is 54.6 Å². The molecule has 3 rings (SSSR count). The Morgan fingerprint density at radius 1 is 0.920 bits per heavy atom. The molecule has 124 valence electrons. The average Bonchev–Trinajstić information content (AvgIpc) is 2.67. The Kier molecular flexibility index (Phi) is 4.53. The Hall–Kier alpha value is -3.52. The molecule has 0 bridgehead atoms. The van der Waals surface area contributed by atoms with Crippen molar-refractivity contribution < 1.29 is 9.47 Å². The molecule has 25 heavy (non-hydrogen) atoms. The Balaban J connectivity index is 2.19. The maximum absolute atomic E-state index is 9.58. The van der Waals surface area contributed by atoms with Crippen molar-refractivity contribution in [1.29, 1.82) is 5.26 Å². The SMILES string of the molecule is COc1ccc(-c2cc(-c3ccc(N)cc3)nc(OC)c2C#N)cc1. The number of nitrogens with zero attached hydrogens (tertiary/aromatic N) is 2. The van der Waals surface area contributed by atoms with Crippen LogP contribution in [0.3, 0.4) is 0 Å². The molecule has 0 aliphatic heterocycles. The molecule has 0 spiro atoms. The molecule has 0 saturated carbocycles. The van der Waals surface area contributed by atoms with E-state index in [1.807, 2.05) is 54.6 Å². The molecule has 5 heteroatoms. The molecule has 0 aliphatic rings. The Morgan fingerprint density at radius 3 is 2.12 bits per heavy atom. The van der Waals surface area contributed by atoms with Crippen molar-refractivity contribution in [2.45, 2.75) is 0 Å². The van der Waals surface area contributed by atoms with Gasteiger partial charge in [0.15, 0.2) is 0 Å². The van der Waals surface area contributed by atoms with Crippen LogP contribution in [0.5, 0.6) is 11.6 Å². The second-order valence-corrected chi connectivity index (χ2v) is 5.40. The van der Waals surface area contributed by atoms with Crippen LogP contribution < -0.4 is 15.2 Å². The molecule has 0 amide bonds. The van der Waals surface area contributed by atoms with E-state index in [4.69, 9.17) is 15.2 Å². The molecule has 2 N–H and O–H groups in total. The third kappa shape index (κ3) is 3.24. The number of nitriles is 1. The summed E-state index contributed by atoms with van der Waals surface area (Å²) in [6.07, 6.45) is 0. The van der Waals surface area contributed by atoms with Gasteiger partial charge in [-0.2, -0.15) is 5.26 Å². The van der Waals surface area contributed by atoms with Gasteiger partial charge in [0.25, 0.3) is 0 Å². The number of nitrogen functional groups attached to an aromatic ring is 1. The number of methoxy groups -OCH3 is 2. The Labute approximate surface area is 146 Å². The molecule has 0 fully saturated rings. The van der Waals surface area contributed by atoms with Crippen molar-refractivity contribution in [2.24, 2.45) is 0 Å². The Bertz CT molecular complexity index is 927. The van der Waals surface area contributed by atoms with E-state index in [1.54, 1.807) is 7.11 Å². The second kappa shape index (κ2) is 6.93. The maximum Gasteiger partial charge on any atom is 0.232 e. The van der Waals surface area contributed by atoms with E-state index >= 15 is 0 Å². The van der Waals surface area contributed by atoms with Gasteiger partial charge in [-0.15, -0.1) is 0 Å². The summed E-state index contributed by atoms with van der Waals surface area (Å²) in [6.45, 7) is 0. The lowest BCUT2D eigenvalue weighted by Crippen LogP contribution is -1.98. The number of benzene rings is 2. The first kappa shape index (κ1) is 16.3. The average molecular weight is 331 g/mol. The van der Waals surface area contributed by atoms with Crippen LogP contribution in [0.4, 0.5) is 5.69 Å². The maximum atomic E-state index is 9.58. The highest BCUT2D eigenvalue weighted by atomic mass is 16.5. The first-order valence-corrected chi connectivity index (χ1v) is 7.65. The quantitative estimate of drug-likeness (QED) is 0.734. The molecular weight excluding hydrogens is 314 g/mol. The van der Waals surface area contributed by atoms with Gasteiger partial charge >= 0.3 is 0 Å². The normalized spacial score (nSPS) is 10.1. The molecule has 1 heterocycles. The van der Waals surface area contributed by atoms with Gasteiger partial charge in [-0.3, -0.25) is 0 Å². The summed E-state index contributed by atoms with van der Waals surface area (Å²) in [6, 6.07) is 19.0. The fourth-order valence-electron chi connectivity index (χ4n) is 2.58. The minimum Gasteiger partial charge on any atom is -0.497 e. The van der Waals surface area contributed by atoms with Gasteiger partial charge in [-0.25, -0.2) is 4.98 Å². The third-order valence-corrected chi connectivity index (χ3v) is 3.90. The summed E-state index contributed by atoms with van der Waals surface area (Å²) in [5.74, 6) is 1.05. The minimum absolute atomic E-state index is 0.294. The molecule has 5 nitrogen and oxygen atoms in total. The molecule has 3 aromatic rings. The molecule has 2 aromatic carbocycles. The topological polar surface area (TPSA) is 81.2 Å². The molecule has 0 unspecified atom stereocenters. The van der Waals surface area contributed by atoms with Crippen LogP contribution in [0.2, 0.25) is 0 Å². The van der Waals surface area contributed by atoms with Crippen LogP contribution in [0.25, 0.3) is 22.4 Å². The van der Waals surface area contributed by atoms with Crippen molar-refractivity contribution in [3.8, 4) is 40.1 Å². The van der Waals surface area contributed by atoms with Gasteiger partial charge < -0.3 is 15.2 Å². The highest BCUT2D eigenvalue weighted by molar-refractivity contribution is 5.78. The van der Waals surface area contributed by atoms with Crippen LogP contribution >= 0.6 is 0 Å². The predicted octanol–water partition coefficient (Wildman–Crippen LogP) is 3.89. The monoisotopic (exact) mass is 331 g/mol. The highest BCUT2D eigenvalue weighted by Crippen LogP contribution is 2.34. The highest BCUT2D eigenvalue weighted by Gasteiger charge is 2.16. The number of rotatable bonds is 4. The predicted molar refractivity (Wildman–Crippen MR) is 97.3 cm³/mol. The van der Waals surface area contributed by atoms with Crippen LogP contribution in [0.1, 0.15) is 5.56 Å². The molecule has 0 radical (unpaired) electrons. The van der Waals surface area contributed by atoms with E-state index in [0.717, 1.165) is 22.4 Å². The molecular formula is C20H17N3O2. The second-order valence-electron chi connectivity index (χ2n) is 5.40. The van der Waals surface area contributed by atoms with Crippen molar-refractivity contribution in [2.75, 3.05) is 20.0 Å². The number of pyridine rings is 1. The van der Waals surface area contributed by atoms with E-state index in [0.29, 0.717) is 22.8 Å². The summed E-state index contributed by atoms with van der Waals surface area (Å²) in [7, 11) is 3.12. The molecule has 0 aliphatic carbocycles. The fourth-order valence-corrected chi connectivity index (χ4v) is 2.58. The van der Waals surface area contributed by atoms with E-state index < -0.39 is 0 Å². The lowest BCUT2D eigenvalue weighted by Gasteiger charge is -2.12. The van der Waals surface area contributed by atoms with Crippen molar-refractivity contribution >= 4 is 5.69 Å². The van der Waals surface area contributed by atoms with Gasteiger partial charge in [0.1, 0.15) is 17.4 Å². The van der Waals surface area contributed by atoms with Gasteiger partial charge in [0.05, 0.1) is 19.9 Å². The first-order valence-electron chi connectivity index (χ1n) is 7.65. The zero-order valence-corrected chi connectivity index (χ0v) is 14.0. The van der Waals surface area contributed by atoms with E-state index in [2.05, 4.69) is 11.1 Å². The Morgan fingerprint density at radius 2 is 1.56 bits per heavy atom. The van der Waals surface area contributed by atoms with Crippen molar-refractivity contribution in [1.82, 2.24) is 4.98 Å². The van der Waals surface area contributed by atoms with E-state index in [-0.39, 0.29) is 0 Å². The summed E-state index contributed by atoms with van der Waals surface area (Å²) in [5.41, 5.74) is 10.1. The number of hydrogen-bond acceptors (Lipinski definition) is 5. The summed E-state index contributed by atoms with van der Waals surface area (Å²) in [5, 5.41) is 9.58. The smallest absolute Gasteiger partial charge is 0.232 e. The third-order valence-electron chi connectivity index (χ3n) is 3.90. The van der Waals surface area contributed by atoms with E-state index in [1.165, 1.54) is 7.11 Å². The van der Waals surface area contributed by atoms with Gasteiger partial charge in [0.2, 0.25) is 5.88 Å². The van der Waals surface area contributed by atoms with Gasteiger partial charge in [0, 0.05) is 16.8 Å². The summed E-state index contributed by atoms with van der Waals surface area (Å²) >= 11 is 0. The summed E-state index contributed by atoms with van der Waals surface area (Å²) < 4.78 is 10.5. The van der Waals surface area contributed by atoms with Crippen LogP contribution in [0, 0.1) is 11.3 Å². The molecule has 0 atom stereocenters. The molecule has 0 saturated heterocycles. The molecule has 1 aromatic heterocycles.